The lowest BCUT2D eigenvalue weighted by Crippen LogP contribution is -2.18. The zero-order valence-electron chi connectivity index (χ0n) is 13.1. The number of hydrogen-bond donors (Lipinski definition) is 2. The summed E-state index contributed by atoms with van der Waals surface area (Å²) in [6.45, 7) is 13.9. The van der Waals surface area contributed by atoms with Crippen LogP contribution in [-0.4, -0.2) is 18.1 Å². The summed E-state index contributed by atoms with van der Waals surface area (Å²) in [6.07, 6.45) is 2.28. The maximum atomic E-state index is 4.73. The van der Waals surface area contributed by atoms with Crippen LogP contribution < -0.4 is 10.6 Å². The molecule has 1 heterocycles. The second kappa shape index (κ2) is 7.49. The molecule has 1 rings (SSSR count). The molecule has 108 valence electrons. The van der Waals surface area contributed by atoms with Gasteiger partial charge in [0.2, 0.25) is 0 Å². The summed E-state index contributed by atoms with van der Waals surface area (Å²) in [5.41, 5.74) is 2.55. The standard InChI is InChI=1S/C16H29N3/c1-6-8-17-12-13-10-14(16(3,4)5)19-15(11-13)18-9-7-2/h10-11,17H,6-9,12H2,1-5H3,(H,18,19). The van der Waals surface area contributed by atoms with Gasteiger partial charge in [0.1, 0.15) is 5.82 Å². The molecule has 1 aromatic heterocycles. The third-order valence-corrected chi connectivity index (χ3v) is 2.97. The minimum Gasteiger partial charge on any atom is -0.370 e. The molecule has 3 nitrogen and oxygen atoms in total. The highest BCUT2D eigenvalue weighted by Gasteiger charge is 2.17. The topological polar surface area (TPSA) is 37.0 Å². The molecule has 0 spiro atoms. The molecule has 0 aliphatic heterocycles. The van der Waals surface area contributed by atoms with Gasteiger partial charge in [-0.05, 0) is 37.1 Å². The first kappa shape index (κ1) is 16.0. The molecule has 1 aromatic rings. The molecule has 19 heavy (non-hydrogen) atoms. The van der Waals surface area contributed by atoms with Crippen LogP contribution in [0.2, 0.25) is 0 Å². The van der Waals surface area contributed by atoms with Crippen LogP contribution in [0.25, 0.3) is 0 Å². The van der Waals surface area contributed by atoms with Gasteiger partial charge in [-0.2, -0.15) is 0 Å². The van der Waals surface area contributed by atoms with Crippen molar-refractivity contribution in [1.82, 2.24) is 10.3 Å². The lowest BCUT2D eigenvalue weighted by molar-refractivity contribution is 0.567. The number of nitrogens with one attached hydrogen (secondary N) is 2. The quantitative estimate of drug-likeness (QED) is 0.737. The monoisotopic (exact) mass is 263 g/mol. The minimum absolute atomic E-state index is 0.0867. The van der Waals surface area contributed by atoms with Gasteiger partial charge in [0.05, 0.1) is 0 Å². The SMILES string of the molecule is CCCNCc1cc(NCCC)nc(C(C)(C)C)c1. The Hall–Kier alpha value is -1.09. The highest BCUT2D eigenvalue weighted by atomic mass is 15.0. The van der Waals surface area contributed by atoms with Gasteiger partial charge >= 0.3 is 0 Å². The van der Waals surface area contributed by atoms with Gasteiger partial charge in [0.15, 0.2) is 0 Å². The predicted molar refractivity (Wildman–Crippen MR) is 83.7 cm³/mol. The Balaban J connectivity index is 2.89. The number of pyridine rings is 1. The van der Waals surface area contributed by atoms with Crippen molar-refractivity contribution in [1.29, 1.82) is 0 Å². The third kappa shape index (κ3) is 5.60. The van der Waals surface area contributed by atoms with E-state index in [9.17, 15) is 0 Å². The minimum atomic E-state index is 0.0867. The van der Waals surface area contributed by atoms with Gasteiger partial charge in [-0.3, -0.25) is 0 Å². The second-order valence-electron chi connectivity index (χ2n) is 6.10. The van der Waals surface area contributed by atoms with E-state index in [0.29, 0.717) is 0 Å². The highest BCUT2D eigenvalue weighted by Crippen LogP contribution is 2.23. The van der Waals surface area contributed by atoms with E-state index in [1.165, 1.54) is 5.56 Å². The molecule has 0 aromatic carbocycles. The summed E-state index contributed by atoms with van der Waals surface area (Å²) in [6, 6.07) is 4.38. The van der Waals surface area contributed by atoms with E-state index in [1.54, 1.807) is 0 Å². The summed E-state index contributed by atoms with van der Waals surface area (Å²) in [7, 11) is 0. The number of anilines is 1. The number of aromatic nitrogens is 1. The first-order chi connectivity index (χ1) is 8.97. The van der Waals surface area contributed by atoms with Crippen LogP contribution >= 0.6 is 0 Å². The summed E-state index contributed by atoms with van der Waals surface area (Å²) >= 11 is 0. The first-order valence-corrected chi connectivity index (χ1v) is 7.43. The van der Waals surface area contributed by atoms with Gasteiger partial charge in [-0.25, -0.2) is 4.98 Å². The van der Waals surface area contributed by atoms with E-state index in [4.69, 9.17) is 4.98 Å². The molecule has 0 bridgehead atoms. The highest BCUT2D eigenvalue weighted by molar-refractivity contribution is 5.41. The summed E-state index contributed by atoms with van der Waals surface area (Å²) < 4.78 is 0. The van der Waals surface area contributed by atoms with Gasteiger partial charge in [0, 0.05) is 24.2 Å². The van der Waals surface area contributed by atoms with Gasteiger partial charge in [-0.1, -0.05) is 34.6 Å². The Morgan fingerprint density at radius 2 is 1.74 bits per heavy atom. The predicted octanol–water partition coefficient (Wildman–Crippen LogP) is 3.70. The van der Waals surface area contributed by atoms with Crippen molar-refractivity contribution in [2.75, 3.05) is 18.4 Å². The van der Waals surface area contributed by atoms with E-state index < -0.39 is 0 Å². The van der Waals surface area contributed by atoms with Gasteiger partial charge in [0.25, 0.3) is 0 Å². The molecule has 0 atom stereocenters. The molecule has 0 fully saturated rings. The van der Waals surface area contributed by atoms with Gasteiger partial charge < -0.3 is 10.6 Å². The molecule has 0 unspecified atom stereocenters. The first-order valence-electron chi connectivity index (χ1n) is 7.43. The van der Waals surface area contributed by atoms with Crippen LogP contribution in [0.3, 0.4) is 0 Å². The van der Waals surface area contributed by atoms with E-state index in [-0.39, 0.29) is 5.41 Å². The fourth-order valence-electron chi connectivity index (χ4n) is 1.83. The molecule has 0 aliphatic carbocycles. The largest absolute Gasteiger partial charge is 0.370 e. The second-order valence-corrected chi connectivity index (χ2v) is 6.10. The molecule has 3 heteroatoms. The lowest BCUT2D eigenvalue weighted by atomic mass is 9.90. The average molecular weight is 263 g/mol. The van der Waals surface area contributed by atoms with Crippen molar-refractivity contribution in [3.05, 3.63) is 23.4 Å². The van der Waals surface area contributed by atoms with Crippen molar-refractivity contribution in [2.45, 2.75) is 59.4 Å². The normalized spacial score (nSPS) is 11.6. The van der Waals surface area contributed by atoms with Crippen LogP contribution in [0.1, 0.15) is 58.7 Å². The number of rotatable bonds is 7. The Kier molecular flexibility index (Phi) is 6.29. The molecule has 0 amide bonds. The van der Waals surface area contributed by atoms with Crippen molar-refractivity contribution in [3.8, 4) is 0 Å². The molecule has 0 saturated heterocycles. The number of nitrogens with zero attached hydrogens (tertiary/aromatic N) is 1. The molecular weight excluding hydrogens is 234 g/mol. The van der Waals surface area contributed by atoms with Crippen LogP contribution in [0.4, 0.5) is 5.82 Å². The zero-order chi connectivity index (χ0) is 14.3. The number of hydrogen-bond acceptors (Lipinski definition) is 3. The van der Waals surface area contributed by atoms with E-state index in [0.717, 1.165) is 44.0 Å². The van der Waals surface area contributed by atoms with Crippen molar-refractivity contribution in [3.63, 3.8) is 0 Å². The zero-order valence-corrected chi connectivity index (χ0v) is 13.1. The smallest absolute Gasteiger partial charge is 0.126 e. The van der Waals surface area contributed by atoms with Crippen LogP contribution in [0, 0.1) is 0 Å². The van der Waals surface area contributed by atoms with E-state index in [2.05, 4.69) is 57.4 Å². The van der Waals surface area contributed by atoms with Crippen molar-refractivity contribution >= 4 is 5.82 Å². The van der Waals surface area contributed by atoms with E-state index in [1.807, 2.05) is 0 Å². The lowest BCUT2D eigenvalue weighted by Gasteiger charge is -2.20. The van der Waals surface area contributed by atoms with E-state index >= 15 is 0 Å². The summed E-state index contributed by atoms with van der Waals surface area (Å²) in [5, 5.41) is 6.86. The molecule has 2 N–H and O–H groups in total. The van der Waals surface area contributed by atoms with Crippen LogP contribution in [0.5, 0.6) is 0 Å². The van der Waals surface area contributed by atoms with Gasteiger partial charge in [-0.15, -0.1) is 0 Å². The Bertz CT molecular complexity index is 380. The molecular formula is C16H29N3. The van der Waals surface area contributed by atoms with Crippen molar-refractivity contribution < 1.29 is 0 Å². The fourth-order valence-corrected chi connectivity index (χ4v) is 1.83. The molecule has 0 radical (unpaired) electrons. The Morgan fingerprint density at radius 1 is 1.05 bits per heavy atom. The third-order valence-electron chi connectivity index (χ3n) is 2.97. The fraction of sp³-hybridized carbons (Fsp3) is 0.688. The van der Waals surface area contributed by atoms with Crippen molar-refractivity contribution in [2.24, 2.45) is 0 Å². The van der Waals surface area contributed by atoms with Crippen LogP contribution in [-0.2, 0) is 12.0 Å². The van der Waals surface area contributed by atoms with Crippen LogP contribution in [0.15, 0.2) is 12.1 Å². The maximum absolute atomic E-state index is 4.73. The Labute approximate surface area is 118 Å². The molecule has 0 aliphatic rings. The summed E-state index contributed by atoms with van der Waals surface area (Å²) in [5.74, 6) is 1.00. The average Bonchev–Trinajstić information content (AvgIpc) is 2.35. The summed E-state index contributed by atoms with van der Waals surface area (Å²) in [4.78, 5) is 4.73. The maximum Gasteiger partial charge on any atom is 0.126 e. The Morgan fingerprint density at radius 3 is 2.32 bits per heavy atom. The molecule has 0 saturated carbocycles.